The van der Waals surface area contributed by atoms with Crippen LogP contribution in [0.5, 0.6) is 0 Å². The molecule has 2 heterocycles. The summed E-state index contributed by atoms with van der Waals surface area (Å²) in [5, 5.41) is 0. The lowest BCUT2D eigenvalue weighted by Crippen LogP contribution is -2.28. The van der Waals surface area contributed by atoms with Gasteiger partial charge >= 0.3 is 5.97 Å². The number of esters is 1. The molecule has 0 aliphatic carbocycles. The number of aromatic nitrogens is 1. The van der Waals surface area contributed by atoms with Crippen molar-refractivity contribution in [1.82, 2.24) is 4.57 Å². The van der Waals surface area contributed by atoms with Gasteiger partial charge < -0.3 is 9.30 Å². The van der Waals surface area contributed by atoms with E-state index in [1.54, 1.807) is 22.8 Å². The van der Waals surface area contributed by atoms with Gasteiger partial charge in [-0.1, -0.05) is 36.8 Å². The molecule has 0 radical (unpaired) electrons. The predicted molar refractivity (Wildman–Crippen MR) is 129 cm³/mol. The number of benzene rings is 2. The second kappa shape index (κ2) is 10.1. The molecule has 34 heavy (non-hydrogen) atoms. The lowest BCUT2D eigenvalue weighted by atomic mass is 10.1. The van der Waals surface area contributed by atoms with Crippen molar-refractivity contribution in [1.29, 1.82) is 0 Å². The summed E-state index contributed by atoms with van der Waals surface area (Å²) in [6.45, 7) is 2.06. The molecule has 2 aromatic carbocycles. The van der Waals surface area contributed by atoms with E-state index in [0.717, 1.165) is 34.4 Å². The maximum atomic E-state index is 13.1. The van der Waals surface area contributed by atoms with E-state index in [1.165, 1.54) is 30.1 Å². The summed E-state index contributed by atoms with van der Waals surface area (Å²) in [7, 11) is 1.31. The number of carbonyl (C=O) groups is 4. The van der Waals surface area contributed by atoms with Crippen molar-refractivity contribution < 1.29 is 23.9 Å². The molecule has 1 fully saturated rings. The van der Waals surface area contributed by atoms with E-state index in [9.17, 15) is 19.2 Å². The molecule has 3 amide bonds. The highest BCUT2D eigenvalue weighted by molar-refractivity contribution is 7.16. The van der Waals surface area contributed by atoms with E-state index in [4.69, 9.17) is 4.74 Å². The third-order valence-corrected chi connectivity index (χ3v) is 6.72. The first kappa shape index (κ1) is 23.6. The van der Waals surface area contributed by atoms with Gasteiger partial charge in [0.25, 0.3) is 5.91 Å². The summed E-state index contributed by atoms with van der Waals surface area (Å²) >= 11 is 1.33. The van der Waals surface area contributed by atoms with Crippen molar-refractivity contribution in [2.75, 3.05) is 12.0 Å². The molecule has 3 aromatic rings. The Bertz CT molecular complexity index is 1340. The lowest BCUT2D eigenvalue weighted by Gasteiger charge is -2.14. The fraction of sp³-hybridized carbons (Fsp3) is 0.320. The van der Waals surface area contributed by atoms with Crippen molar-refractivity contribution in [3.05, 3.63) is 58.4 Å². The Morgan fingerprint density at radius 3 is 2.56 bits per heavy atom. The van der Waals surface area contributed by atoms with Gasteiger partial charge in [0, 0.05) is 18.4 Å². The van der Waals surface area contributed by atoms with Gasteiger partial charge in [0.05, 0.1) is 23.0 Å². The Balaban J connectivity index is 1.74. The summed E-state index contributed by atoms with van der Waals surface area (Å²) in [4.78, 5) is 55.0. The molecule has 1 aliphatic heterocycles. The van der Waals surface area contributed by atoms with Gasteiger partial charge in [-0.2, -0.15) is 4.99 Å². The minimum atomic E-state index is -0.530. The first-order valence-electron chi connectivity index (χ1n) is 11.1. The molecule has 9 heteroatoms. The van der Waals surface area contributed by atoms with Crippen LogP contribution in [0.25, 0.3) is 10.2 Å². The van der Waals surface area contributed by atoms with Crippen molar-refractivity contribution in [2.45, 2.75) is 45.6 Å². The molecular weight excluding hydrogens is 454 g/mol. The summed E-state index contributed by atoms with van der Waals surface area (Å²) < 4.78 is 7.43. The molecule has 0 spiro atoms. The van der Waals surface area contributed by atoms with E-state index in [1.807, 2.05) is 12.1 Å². The Morgan fingerprint density at radius 1 is 1.09 bits per heavy atom. The van der Waals surface area contributed by atoms with Crippen molar-refractivity contribution in [2.24, 2.45) is 4.99 Å². The van der Waals surface area contributed by atoms with E-state index in [0.29, 0.717) is 10.5 Å². The highest BCUT2D eigenvalue weighted by atomic mass is 32.1. The smallest absolute Gasteiger partial charge is 0.325 e. The number of hydrogen-bond acceptors (Lipinski definition) is 6. The topological polar surface area (TPSA) is 98.0 Å². The molecule has 0 saturated carbocycles. The molecule has 1 saturated heterocycles. The van der Waals surface area contributed by atoms with Gasteiger partial charge in [-0.15, -0.1) is 0 Å². The summed E-state index contributed by atoms with van der Waals surface area (Å²) in [6, 6.07) is 12.3. The largest absolute Gasteiger partial charge is 0.468 e. The van der Waals surface area contributed by atoms with Crippen molar-refractivity contribution in [3.63, 3.8) is 0 Å². The summed E-state index contributed by atoms with van der Waals surface area (Å²) in [5.74, 6) is -1.55. The molecule has 0 N–H and O–H groups in total. The molecule has 1 aromatic heterocycles. The average molecular weight is 480 g/mol. The van der Waals surface area contributed by atoms with Gasteiger partial charge in [0.2, 0.25) is 11.8 Å². The first-order valence-corrected chi connectivity index (χ1v) is 12.0. The quantitative estimate of drug-likeness (QED) is 0.381. The van der Waals surface area contributed by atoms with Crippen LogP contribution in [0.2, 0.25) is 0 Å². The van der Waals surface area contributed by atoms with Crippen LogP contribution < -0.4 is 9.70 Å². The van der Waals surface area contributed by atoms with E-state index in [-0.39, 0.29) is 36.8 Å². The van der Waals surface area contributed by atoms with Gasteiger partial charge in [0.1, 0.15) is 6.54 Å². The van der Waals surface area contributed by atoms with Gasteiger partial charge in [0.15, 0.2) is 4.80 Å². The number of amides is 3. The molecular formula is C25H25N3O5S. The maximum absolute atomic E-state index is 13.1. The maximum Gasteiger partial charge on any atom is 0.325 e. The minimum Gasteiger partial charge on any atom is -0.468 e. The Labute approximate surface area is 200 Å². The average Bonchev–Trinajstić information content (AvgIpc) is 3.35. The van der Waals surface area contributed by atoms with Gasteiger partial charge in [-0.05, 0) is 48.7 Å². The molecule has 0 atom stereocenters. The van der Waals surface area contributed by atoms with Crippen LogP contribution >= 0.6 is 11.3 Å². The zero-order chi connectivity index (χ0) is 24.2. The zero-order valence-electron chi connectivity index (χ0n) is 19.1. The normalized spacial score (nSPS) is 14.3. The van der Waals surface area contributed by atoms with Gasteiger partial charge in [-0.3, -0.25) is 24.1 Å². The molecule has 176 valence electrons. The molecule has 8 nitrogen and oxygen atoms in total. The molecule has 0 unspecified atom stereocenters. The number of fused-ring (bicyclic) bond motifs is 1. The number of carbonyl (C=O) groups excluding carboxylic acids is 4. The standard InChI is InChI=1S/C25H25N3O5S/c1-3-4-6-16-9-10-19-20(13-16)34-25(27(19)15-23(31)33-2)26-24(32)17-7-5-8-18(14-17)28-21(29)11-12-22(28)30/h5,7-10,13-14H,3-4,6,11-12,15H2,1-2H3. The highest BCUT2D eigenvalue weighted by Crippen LogP contribution is 2.24. The number of imide groups is 1. The van der Waals surface area contributed by atoms with Crippen LogP contribution in [-0.4, -0.2) is 35.4 Å². The number of nitrogens with zero attached hydrogens (tertiary/aromatic N) is 3. The Morgan fingerprint density at radius 2 is 1.85 bits per heavy atom. The van der Waals surface area contributed by atoms with Crippen LogP contribution in [0.4, 0.5) is 5.69 Å². The lowest BCUT2D eigenvalue weighted by molar-refractivity contribution is -0.141. The SMILES string of the molecule is CCCCc1ccc2c(c1)sc(=NC(=O)c1cccc(N3C(=O)CCC3=O)c1)n2CC(=O)OC. The summed E-state index contributed by atoms with van der Waals surface area (Å²) in [5.41, 5.74) is 2.58. The number of aryl methyl sites for hydroxylation is 1. The molecule has 1 aliphatic rings. The fourth-order valence-corrected chi connectivity index (χ4v) is 4.97. The number of hydrogen-bond donors (Lipinski definition) is 0. The number of thiazole rings is 1. The first-order chi connectivity index (χ1) is 16.4. The molecule has 0 bridgehead atoms. The van der Waals surface area contributed by atoms with Crippen LogP contribution in [0.1, 0.15) is 48.5 Å². The fourth-order valence-electron chi connectivity index (χ4n) is 3.88. The van der Waals surface area contributed by atoms with E-state index < -0.39 is 11.9 Å². The zero-order valence-corrected chi connectivity index (χ0v) is 19.9. The number of anilines is 1. The van der Waals surface area contributed by atoms with Crippen LogP contribution in [0.3, 0.4) is 0 Å². The third kappa shape index (κ3) is 4.84. The summed E-state index contributed by atoms with van der Waals surface area (Å²) in [6.07, 6.45) is 3.45. The second-order valence-corrected chi connectivity index (χ2v) is 9.05. The van der Waals surface area contributed by atoms with E-state index in [2.05, 4.69) is 18.0 Å². The highest BCUT2D eigenvalue weighted by Gasteiger charge is 2.30. The van der Waals surface area contributed by atoms with Crippen molar-refractivity contribution >= 4 is 50.9 Å². The minimum absolute atomic E-state index is 0.0757. The molecule has 4 rings (SSSR count). The number of methoxy groups -OCH3 is 1. The van der Waals surface area contributed by atoms with Gasteiger partial charge in [-0.25, -0.2) is 0 Å². The number of ether oxygens (including phenoxy) is 1. The predicted octanol–water partition coefficient (Wildman–Crippen LogP) is 3.61. The third-order valence-electron chi connectivity index (χ3n) is 5.68. The number of rotatable bonds is 7. The monoisotopic (exact) mass is 479 g/mol. The number of unbranched alkanes of at least 4 members (excludes halogenated alkanes) is 1. The van der Waals surface area contributed by atoms with E-state index >= 15 is 0 Å². The second-order valence-electron chi connectivity index (χ2n) is 8.04. The Hall–Kier alpha value is -3.59. The van der Waals surface area contributed by atoms with Crippen LogP contribution in [0, 0.1) is 0 Å². The van der Waals surface area contributed by atoms with Crippen LogP contribution in [0.15, 0.2) is 47.5 Å². The van der Waals surface area contributed by atoms with Crippen molar-refractivity contribution in [3.8, 4) is 0 Å². The Kier molecular flexibility index (Phi) is 7.02. The van der Waals surface area contributed by atoms with Crippen LogP contribution in [-0.2, 0) is 32.1 Å².